The van der Waals surface area contributed by atoms with Crippen LogP contribution in [0.1, 0.15) is 29.3 Å². The summed E-state index contributed by atoms with van der Waals surface area (Å²) in [4.78, 5) is 11.2. The van der Waals surface area contributed by atoms with E-state index >= 15 is 0 Å². The molecule has 0 amide bonds. The fourth-order valence-electron chi connectivity index (χ4n) is 2.88. The van der Waals surface area contributed by atoms with Crippen LogP contribution < -0.4 is 4.74 Å². The molecule has 5 nitrogen and oxygen atoms in total. The van der Waals surface area contributed by atoms with Gasteiger partial charge in [0.1, 0.15) is 22.4 Å². The molecule has 0 saturated heterocycles. The molecule has 0 radical (unpaired) electrons. The zero-order valence-corrected chi connectivity index (χ0v) is 15.9. The van der Waals surface area contributed by atoms with Gasteiger partial charge in [0.25, 0.3) is 0 Å². The highest BCUT2D eigenvalue weighted by Crippen LogP contribution is 2.39. The number of aromatic nitrogens is 1. The summed E-state index contributed by atoms with van der Waals surface area (Å²) < 4.78 is 5.20. The minimum Gasteiger partial charge on any atom is -0.497 e. The second-order valence-corrected chi connectivity index (χ2v) is 7.07. The van der Waals surface area contributed by atoms with E-state index in [1.165, 1.54) is 0 Å². The molecular weight excluding hydrogens is 344 g/mol. The number of aryl methyl sites for hydroxylation is 1. The molecule has 6 heteroatoms. The zero-order valence-electron chi connectivity index (χ0n) is 15.1. The van der Waals surface area contributed by atoms with Gasteiger partial charge in [-0.3, -0.25) is 0 Å². The number of hydrogen-bond acceptors (Lipinski definition) is 6. The molecule has 1 aromatic heterocycles. The maximum Gasteiger partial charge on any atom is 0.118 e. The standard InChI is InChI=1S/C20H20N4OS/c1-5-26-20-17(10-21)19-18(13(2)23-20)14(3)24(12-22-19)11-15-6-8-16(25-4)9-7-15/h6-9,12H,3,5,11H2,1-2,4H3. The SMILES string of the molecule is C=C1c2c(C)nc(SCC)c(C#N)c2N=CN1Cc1ccc(OC)cc1. The van der Waals surface area contributed by atoms with Gasteiger partial charge in [-0.15, -0.1) is 11.8 Å². The van der Waals surface area contributed by atoms with Crippen LogP contribution in [0.15, 0.2) is 40.9 Å². The topological polar surface area (TPSA) is 61.5 Å². The minimum absolute atomic E-state index is 0.527. The lowest BCUT2D eigenvalue weighted by Gasteiger charge is -2.28. The summed E-state index contributed by atoms with van der Waals surface area (Å²) in [7, 11) is 1.65. The fourth-order valence-corrected chi connectivity index (χ4v) is 3.64. The van der Waals surface area contributed by atoms with Crippen LogP contribution in [0.5, 0.6) is 5.75 Å². The number of fused-ring (bicyclic) bond motifs is 1. The van der Waals surface area contributed by atoms with E-state index in [0.717, 1.165) is 39.0 Å². The van der Waals surface area contributed by atoms with Crippen molar-refractivity contribution >= 4 is 29.5 Å². The molecule has 0 unspecified atom stereocenters. The summed E-state index contributed by atoms with van der Waals surface area (Å²) in [6, 6.07) is 10.2. The predicted molar refractivity (Wildman–Crippen MR) is 106 cm³/mol. The Morgan fingerprint density at radius 3 is 2.65 bits per heavy atom. The number of thioether (sulfide) groups is 1. The first-order valence-corrected chi connectivity index (χ1v) is 9.28. The third kappa shape index (κ3) is 3.31. The van der Waals surface area contributed by atoms with Gasteiger partial charge in [-0.2, -0.15) is 5.26 Å². The molecular formula is C20H20N4OS. The molecule has 0 spiro atoms. The average molecular weight is 364 g/mol. The van der Waals surface area contributed by atoms with Crippen LogP contribution in [0.2, 0.25) is 0 Å². The van der Waals surface area contributed by atoms with E-state index in [-0.39, 0.29) is 0 Å². The maximum atomic E-state index is 9.60. The molecule has 0 aliphatic carbocycles. The molecule has 0 saturated carbocycles. The van der Waals surface area contributed by atoms with Crippen LogP contribution in [-0.4, -0.2) is 29.1 Å². The number of hydrogen-bond donors (Lipinski definition) is 0. The Hall–Kier alpha value is -2.78. The van der Waals surface area contributed by atoms with E-state index in [4.69, 9.17) is 4.74 Å². The highest BCUT2D eigenvalue weighted by molar-refractivity contribution is 7.99. The van der Waals surface area contributed by atoms with Crippen molar-refractivity contribution in [2.75, 3.05) is 12.9 Å². The van der Waals surface area contributed by atoms with E-state index in [2.05, 4.69) is 22.6 Å². The second-order valence-electron chi connectivity index (χ2n) is 5.81. The van der Waals surface area contributed by atoms with Crippen molar-refractivity contribution in [2.45, 2.75) is 25.4 Å². The van der Waals surface area contributed by atoms with Gasteiger partial charge < -0.3 is 9.64 Å². The highest BCUT2D eigenvalue weighted by atomic mass is 32.2. The quantitative estimate of drug-likeness (QED) is 0.730. The molecule has 1 aliphatic rings. The van der Waals surface area contributed by atoms with Crippen molar-refractivity contribution < 1.29 is 4.74 Å². The predicted octanol–water partition coefficient (Wildman–Crippen LogP) is 4.53. The second kappa shape index (κ2) is 7.63. The Kier molecular flexibility index (Phi) is 5.29. The van der Waals surface area contributed by atoms with Crippen LogP contribution in [-0.2, 0) is 6.54 Å². The van der Waals surface area contributed by atoms with E-state index in [1.807, 2.05) is 43.0 Å². The Balaban J connectivity index is 1.95. The largest absolute Gasteiger partial charge is 0.497 e. The van der Waals surface area contributed by atoms with E-state index in [1.54, 1.807) is 25.2 Å². The van der Waals surface area contributed by atoms with Gasteiger partial charge in [0.05, 0.1) is 24.8 Å². The molecule has 3 rings (SSSR count). The van der Waals surface area contributed by atoms with Crippen molar-refractivity contribution in [1.82, 2.24) is 9.88 Å². The van der Waals surface area contributed by atoms with Gasteiger partial charge in [0.15, 0.2) is 0 Å². The molecule has 0 atom stereocenters. The first-order valence-electron chi connectivity index (χ1n) is 8.29. The normalized spacial score (nSPS) is 12.7. The summed E-state index contributed by atoms with van der Waals surface area (Å²) >= 11 is 1.56. The molecule has 2 aromatic rings. The minimum atomic E-state index is 0.527. The lowest BCUT2D eigenvalue weighted by Crippen LogP contribution is -2.23. The van der Waals surface area contributed by atoms with Crippen molar-refractivity contribution in [3.63, 3.8) is 0 Å². The first-order chi connectivity index (χ1) is 12.6. The summed E-state index contributed by atoms with van der Waals surface area (Å²) in [5.41, 5.74) is 4.81. The molecule has 0 bridgehead atoms. The molecule has 0 fully saturated rings. The Morgan fingerprint density at radius 2 is 2.04 bits per heavy atom. The Labute approximate surface area is 158 Å². The molecule has 132 valence electrons. The smallest absolute Gasteiger partial charge is 0.118 e. The summed E-state index contributed by atoms with van der Waals surface area (Å²) in [5.74, 6) is 1.68. The van der Waals surface area contributed by atoms with Crippen LogP contribution in [0.25, 0.3) is 5.70 Å². The van der Waals surface area contributed by atoms with Crippen molar-refractivity contribution in [1.29, 1.82) is 5.26 Å². The summed E-state index contributed by atoms with van der Waals surface area (Å²) in [5, 5.41) is 10.3. The molecule has 2 heterocycles. The van der Waals surface area contributed by atoms with Crippen molar-refractivity contribution in [2.24, 2.45) is 4.99 Å². The number of ether oxygens (including phenoxy) is 1. The van der Waals surface area contributed by atoms with E-state index in [0.29, 0.717) is 17.8 Å². The van der Waals surface area contributed by atoms with Crippen LogP contribution in [0.3, 0.4) is 0 Å². The van der Waals surface area contributed by atoms with Gasteiger partial charge in [-0.1, -0.05) is 25.6 Å². The van der Waals surface area contributed by atoms with Crippen LogP contribution >= 0.6 is 11.8 Å². The zero-order chi connectivity index (χ0) is 18.7. The van der Waals surface area contributed by atoms with Crippen LogP contribution in [0.4, 0.5) is 5.69 Å². The summed E-state index contributed by atoms with van der Waals surface area (Å²) in [6.07, 6.45) is 1.75. The first kappa shape index (κ1) is 18.0. The van der Waals surface area contributed by atoms with Crippen molar-refractivity contribution in [3.8, 4) is 11.8 Å². The van der Waals surface area contributed by atoms with Gasteiger partial charge in [-0.05, 0) is 30.4 Å². The lowest BCUT2D eigenvalue weighted by atomic mass is 10.0. The Morgan fingerprint density at radius 1 is 1.31 bits per heavy atom. The number of nitrogens with zero attached hydrogens (tertiary/aromatic N) is 4. The third-order valence-corrected chi connectivity index (χ3v) is 5.04. The fraction of sp³-hybridized carbons (Fsp3) is 0.250. The highest BCUT2D eigenvalue weighted by Gasteiger charge is 2.25. The maximum absolute atomic E-state index is 9.60. The number of rotatable bonds is 5. The van der Waals surface area contributed by atoms with Crippen molar-refractivity contribution in [3.05, 3.63) is 53.2 Å². The molecule has 0 N–H and O–H groups in total. The number of benzene rings is 1. The monoisotopic (exact) mass is 364 g/mol. The molecule has 1 aliphatic heterocycles. The van der Waals surface area contributed by atoms with E-state index < -0.39 is 0 Å². The van der Waals surface area contributed by atoms with Gasteiger partial charge >= 0.3 is 0 Å². The van der Waals surface area contributed by atoms with Gasteiger partial charge in [0.2, 0.25) is 0 Å². The Bertz CT molecular complexity index is 913. The number of pyridine rings is 1. The lowest BCUT2D eigenvalue weighted by molar-refractivity contribution is 0.414. The average Bonchev–Trinajstić information content (AvgIpc) is 2.65. The number of methoxy groups -OCH3 is 1. The molecule has 1 aromatic carbocycles. The van der Waals surface area contributed by atoms with Gasteiger partial charge in [-0.25, -0.2) is 9.98 Å². The summed E-state index contributed by atoms with van der Waals surface area (Å²) in [6.45, 7) is 8.85. The number of nitriles is 1. The van der Waals surface area contributed by atoms with E-state index in [9.17, 15) is 5.26 Å². The third-order valence-electron chi connectivity index (χ3n) is 4.18. The molecule has 26 heavy (non-hydrogen) atoms. The van der Waals surface area contributed by atoms with Gasteiger partial charge in [0, 0.05) is 17.8 Å². The van der Waals surface area contributed by atoms with Crippen LogP contribution in [0, 0.1) is 18.3 Å². The number of aliphatic imine (C=N–C) groups is 1.